The standard InChI is InChI=1S/C12H16N2O5/c1-14(2)4-3-5-6-7(13-12(5)19)9(16)11(18)10(17)8(6)15/h13,15-19H,3-4H2,1-2H3. The fourth-order valence-corrected chi connectivity index (χ4v) is 2.00. The monoisotopic (exact) mass is 268 g/mol. The summed E-state index contributed by atoms with van der Waals surface area (Å²) in [5.74, 6) is -3.04. The average molecular weight is 268 g/mol. The first-order chi connectivity index (χ1) is 8.84. The molecule has 6 N–H and O–H groups in total. The lowest BCUT2D eigenvalue weighted by atomic mass is 10.1. The second kappa shape index (κ2) is 4.43. The largest absolute Gasteiger partial charge is 0.504 e. The summed E-state index contributed by atoms with van der Waals surface area (Å²) in [6.45, 7) is 0.600. The number of H-pyrrole nitrogens is 1. The minimum atomic E-state index is -0.828. The van der Waals surface area contributed by atoms with Gasteiger partial charge in [0, 0.05) is 12.1 Å². The van der Waals surface area contributed by atoms with E-state index >= 15 is 0 Å². The molecule has 2 aromatic rings. The first-order valence-electron chi connectivity index (χ1n) is 5.68. The Morgan fingerprint density at radius 1 is 0.895 bits per heavy atom. The second-order valence-corrected chi connectivity index (χ2v) is 4.65. The zero-order chi connectivity index (χ0) is 14.3. The van der Waals surface area contributed by atoms with Gasteiger partial charge in [-0.15, -0.1) is 0 Å². The number of fused-ring (bicyclic) bond motifs is 1. The molecule has 0 aliphatic heterocycles. The topological polar surface area (TPSA) is 120 Å². The zero-order valence-electron chi connectivity index (χ0n) is 10.6. The van der Waals surface area contributed by atoms with E-state index in [2.05, 4.69) is 4.98 Å². The number of benzene rings is 1. The van der Waals surface area contributed by atoms with Crippen molar-refractivity contribution in [2.75, 3.05) is 20.6 Å². The lowest BCUT2D eigenvalue weighted by Crippen LogP contribution is -2.14. The van der Waals surface area contributed by atoms with E-state index in [-0.39, 0.29) is 16.8 Å². The van der Waals surface area contributed by atoms with Gasteiger partial charge < -0.3 is 35.4 Å². The Balaban J connectivity index is 2.68. The minimum Gasteiger partial charge on any atom is -0.504 e. The highest BCUT2D eigenvalue weighted by Crippen LogP contribution is 2.50. The summed E-state index contributed by atoms with van der Waals surface area (Å²) in [5.41, 5.74) is 0.353. The Morgan fingerprint density at radius 3 is 2.05 bits per heavy atom. The predicted molar refractivity (Wildman–Crippen MR) is 68.9 cm³/mol. The van der Waals surface area contributed by atoms with Crippen LogP contribution in [0.5, 0.6) is 28.9 Å². The first-order valence-corrected chi connectivity index (χ1v) is 5.68. The maximum atomic E-state index is 9.86. The van der Waals surface area contributed by atoms with E-state index in [0.717, 1.165) is 0 Å². The third-order valence-electron chi connectivity index (χ3n) is 3.04. The highest BCUT2D eigenvalue weighted by atomic mass is 16.3. The van der Waals surface area contributed by atoms with Crippen molar-refractivity contribution in [2.45, 2.75) is 6.42 Å². The van der Waals surface area contributed by atoms with E-state index in [4.69, 9.17) is 0 Å². The van der Waals surface area contributed by atoms with E-state index in [1.807, 2.05) is 19.0 Å². The van der Waals surface area contributed by atoms with E-state index < -0.39 is 23.0 Å². The molecule has 2 rings (SSSR count). The van der Waals surface area contributed by atoms with Gasteiger partial charge in [-0.1, -0.05) is 0 Å². The van der Waals surface area contributed by atoms with Crippen LogP contribution in [0.3, 0.4) is 0 Å². The smallest absolute Gasteiger partial charge is 0.206 e. The van der Waals surface area contributed by atoms with Gasteiger partial charge in [-0.2, -0.15) is 0 Å². The molecule has 0 fully saturated rings. The SMILES string of the molecule is CN(C)CCc1c(O)[nH]c2c(O)c(O)c(O)c(O)c12. The number of hydrogen-bond donors (Lipinski definition) is 6. The molecule has 104 valence electrons. The molecule has 0 unspecified atom stereocenters. The predicted octanol–water partition coefficient (Wildman–Crippen LogP) is 0.800. The normalized spacial score (nSPS) is 11.5. The van der Waals surface area contributed by atoms with Crippen molar-refractivity contribution in [3.05, 3.63) is 5.56 Å². The van der Waals surface area contributed by atoms with Gasteiger partial charge >= 0.3 is 0 Å². The summed E-state index contributed by atoms with van der Waals surface area (Å²) in [4.78, 5) is 4.37. The Morgan fingerprint density at radius 2 is 1.47 bits per heavy atom. The molecule has 0 radical (unpaired) electrons. The Kier molecular flexibility index (Phi) is 3.07. The van der Waals surface area contributed by atoms with Crippen molar-refractivity contribution in [3.63, 3.8) is 0 Å². The van der Waals surface area contributed by atoms with Crippen molar-refractivity contribution >= 4 is 10.9 Å². The quantitative estimate of drug-likeness (QED) is 0.362. The van der Waals surface area contributed by atoms with Crippen molar-refractivity contribution in [1.82, 2.24) is 9.88 Å². The molecule has 0 amide bonds. The number of hydrogen-bond acceptors (Lipinski definition) is 6. The lowest BCUT2D eigenvalue weighted by molar-refractivity contribution is 0.350. The number of nitrogens with zero attached hydrogens (tertiary/aromatic N) is 1. The third-order valence-corrected chi connectivity index (χ3v) is 3.04. The fraction of sp³-hybridized carbons (Fsp3) is 0.333. The van der Waals surface area contributed by atoms with Crippen LogP contribution in [0.25, 0.3) is 10.9 Å². The van der Waals surface area contributed by atoms with Crippen LogP contribution in [0.1, 0.15) is 5.56 Å². The number of aromatic amines is 1. The molecule has 19 heavy (non-hydrogen) atoms. The van der Waals surface area contributed by atoms with Crippen LogP contribution in [0, 0.1) is 0 Å². The molecule has 0 aliphatic rings. The fourth-order valence-electron chi connectivity index (χ4n) is 2.00. The summed E-state index contributed by atoms with van der Waals surface area (Å²) in [6.07, 6.45) is 0.399. The molecule has 7 heteroatoms. The number of rotatable bonds is 3. The van der Waals surface area contributed by atoms with E-state index in [1.54, 1.807) is 0 Å². The summed E-state index contributed by atoms with van der Waals surface area (Å²) in [5, 5.41) is 48.4. The minimum absolute atomic E-state index is 0.0148. The molecule has 0 saturated carbocycles. The van der Waals surface area contributed by atoms with Gasteiger partial charge in [-0.3, -0.25) is 0 Å². The number of aromatic nitrogens is 1. The third kappa shape index (κ3) is 1.97. The molecule has 7 nitrogen and oxygen atoms in total. The van der Waals surface area contributed by atoms with Crippen molar-refractivity contribution in [3.8, 4) is 28.9 Å². The van der Waals surface area contributed by atoms with Crippen molar-refractivity contribution in [2.24, 2.45) is 0 Å². The average Bonchev–Trinajstić information content (AvgIpc) is 2.68. The van der Waals surface area contributed by atoms with Crippen molar-refractivity contribution in [1.29, 1.82) is 0 Å². The summed E-state index contributed by atoms with van der Waals surface area (Å²) >= 11 is 0. The van der Waals surface area contributed by atoms with Crippen LogP contribution in [-0.4, -0.2) is 56.1 Å². The van der Waals surface area contributed by atoms with Gasteiger partial charge in [0.2, 0.25) is 11.5 Å². The number of likely N-dealkylation sites (N-methyl/N-ethyl adjacent to an activating group) is 1. The highest BCUT2D eigenvalue weighted by Gasteiger charge is 2.24. The maximum Gasteiger partial charge on any atom is 0.206 e. The molecule has 0 atom stereocenters. The summed E-state index contributed by atoms with van der Waals surface area (Å²) in [7, 11) is 3.71. The van der Waals surface area contributed by atoms with Crippen LogP contribution in [-0.2, 0) is 6.42 Å². The van der Waals surface area contributed by atoms with Crippen LogP contribution in [0.2, 0.25) is 0 Å². The molecule has 1 aromatic carbocycles. The zero-order valence-corrected chi connectivity index (χ0v) is 10.6. The molecule has 0 spiro atoms. The Hall–Kier alpha value is -2.28. The lowest BCUT2D eigenvalue weighted by Gasteiger charge is -2.10. The maximum absolute atomic E-state index is 9.86. The van der Waals surface area contributed by atoms with Crippen LogP contribution in [0.4, 0.5) is 0 Å². The first kappa shape index (κ1) is 13.2. The van der Waals surface area contributed by atoms with Crippen LogP contribution in [0.15, 0.2) is 0 Å². The summed E-state index contributed by atoms with van der Waals surface area (Å²) in [6, 6.07) is 0. The number of aromatic hydroxyl groups is 5. The van der Waals surface area contributed by atoms with Crippen LogP contribution < -0.4 is 0 Å². The van der Waals surface area contributed by atoms with Gasteiger partial charge in [0.1, 0.15) is 0 Å². The molecule has 0 aliphatic carbocycles. The van der Waals surface area contributed by atoms with Gasteiger partial charge in [0.25, 0.3) is 0 Å². The van der Waals surface area contributed by atoms with Crippen LogP contribution >= 0.6 is 0 Å². The van der Waals surface area contributed by atoms with E-state index in [0.29, 0.717) is 18.5 Å². The Bertz CT molecular complexity index is 633. The molecule has 0 bridgehead atoms. The molecule has 1 aromatic heterocycles. The van der Waals surface area contributed by atoms with Gasteiger partial charge in [-0.25, -0.2) is 0 Å². The molecular formula is C12H16N2O5. The number of phenolic OH excluding ortho intramolecular Hbond substituents is 4. The number of nitrogens with one attached hydrogen (secondary N) is 1. The van der Waals surface area contributed by atoms with E-state index in [9.17, 15) is 25.5 Å². The second-order valence-electron chi connectivity index (χ2n) is 4.65. The van der Waals surface area contributed by atoms with Gasteiger partial charge in [-0.05, 0) is 20.5 Å². The molecule has 1 heterocycles. The Labute approximate surface area is 109 Å². The highest BCUT2D eigenvalue weighted by molar-refractivity contribution is 5.99. The van der Waals surface area contributed by atoms with Gasteiger partial charge in [0.15, 0.2) is 17.4 Å². The van der Waals surface area contributed by atoms with Crippen molar-refractivity contribution < 1.29 is 25.5 Å². The van der Waals surface area contributed by atoms with E-state index in [1.165, 1.54) is 0 Å². The molecule has 0 saturated heterocycles. The van der Waals surface area contributed by atoms with Gasteiger partial charge in [0.05, 0.1) is 10.9 Å². The number of phenols is 4. The summed E-state index contributed by atoms with van der Waals surface area (Å²) < 4.78 is 0. The molecular weight excluding hydrogens is 252 g/mol.